The van der Waals surface area contributed by atoms with Crippen molar-refractivity contribution in [2.75, 3.05) is 0 Å². The summed E-state index contributed by atoms with van der Waals surface area (Å²) in [5, 5.41) is 25.4. The molecule has 2 aromatic rings. The van der Waals surface area contributed by atoms with Crippen molar-refractivity contribution in [2.24, 2.45) is 15.8 Å². The molecular weight excluding hydrogens is 316 g/mol. The first-order valence-electron chi connectivity index (χ1n) is 6.58. The Morgan fingerprint density at radius 2 is 1.79 bits per heavy atom. The number of hydrogen-bond donors (Lipinski definition) is 2. The van der Waals surface area contributed by atoms with Crippen LogP contribution in [0, 0.1) is 20.2 Å². The molecule has 0 aromatic heterocycles. The Morgan fingerprint density at radius 1 is 1.08 bits per heavy atom. The third-order valence-corrected chi connectivity index (χ3v) is 2.81. The third-order valence-electron chi connectivity index (χ3n) is 2.81. The fourth-order valence-electron chi connectivity index (χ4n) is 1.75. The van der Waals surface area contributed by atoms with Crippen LogP contribution in [0.2, 0.25) is 0 Å². The number of para-hydroxylation sites is 1. The van der Waals surface area contributed by atoms with Crippen molar-refractivity contribution in [3.63, 3.8) is 0 Å². The molecule has 0 heterocycles. The van der Waals surface area contributed by atoms with Crippen molar-refractivity contribution in [1.29, 1.82) is 0 Å². The summed E-state index contributed by atoms with van der Waals surface area (Å²) in [5.41, 5.74) is 7.94. The van der Waals surface area contributed by atoms with Gasteiger partial charge in [0, 0.05) is 6.07 Å². The van der Waals surface area contributed by atoms with Crippen molar-refractivity contribution in [1.82, 2.24) is 5.43 Å². The minimum Gasteiger partial charge on any atom is -0.368 e. The first-order valence-corrected chi connectivity index (χ1v) is 6.58. The Morgan fingerprint density at radius 3 is 2.42 bits per heavy atom. The quantitative estimate of drug-likeness (QED) is 0.371. The van der Waals surface area contributed by atoms with E-state index >= 15 is 0 Å². The van der Waals surface area contributed by atoms with Gasteiger partial charge in [-0.1, -0.05) is 18.2 Å². The van der Waals surface area contributed by atoms with E-state index in [0.29, 0.717) is 5.69 Å². The van der Waals surface area contributed by atoms with E-state index in [-0.39, 0.29) is 17.2 Å². The normalized spacial score (nSPS) is 11.4. The summed E-state index contributed by atoms with van der Waals surface area (Å²) in [7, 11) is 0. The van der Waals surface area contributed by atoms with E-state index in [1.807, 2.05) is 6.07 Å². The first kappa shape index (κ1) is 16.5. The summed E-state index contributed by atoms with van der Waals surface area (Å²) >= 11 is 0. The molecule has 0 aliphatic heterocycles. The van der Waals surface area contributed by atoms with Gasteiger partial charge in [-0.15, -0.1) is 0 Å². The maximum absolute atomic E-state index is 11.0. The smallest absolute Gasteiger partial charge is 0.285 e. The molecule has 0 aliphatic carbocycles. The number of aliphatic imine (C=N–C) groups is 1. The van der Waals surface area contributed by atoms with E-state index in [1.54, 1.807) is 24.3 Å². The van der Waals surface area contributed by atoms with Crippen LogP contribution in [0.4, 0.5) is 17.1 Å². The molecule has 10 nitrogen and oxygen atoms in total. The summed E-state index contributed by atoms with van der Waals surface area (Å²) in [5.74, 6) is -0.0120. The molecule has 10 heteroatoms. The average molecular weight is 328 g/mol. The highest BCUT2D eigenvalue weighted by molar-refractivity contribution is 5.88. The molecule has 0 atom stereocenters. The van der Waals surface area contributed by atoms with Crippen LogP contribution in [-0.4, -0.2) is 22.0 Å². The second-order valence-corrected chi connectivity index (χ2v) is 4.46. The SMILES string of the molecule is NC(=Nc1ccccc1)NN=Cc1ccc([N+](=O)[O-])cc1[N+](=O)[O-]. The van der Waals surface area contributed by atoms with Crippen LogP contribution >= 0.6 is 0 Å². The molecule has 0 saturated heterocycles. The van der Waals surface area contributed by atoms with Crippen LogP contribution in [0.5, 0.6) is 0 Å². The van der Waals surface area contributed by atoms with E-state index < -0.39 is 15.5 Å². The second-order valence-electron chi connectivity index (χ2n) is 4.46. The highest BCUT2D eigenvalue weighted by atomic mass is 16.6. The van der Waals surface area contributed by atoms with Gasteiger partial charge in [-0.3, -0.25) is 20.2 Å². The summed E-state index contributed by atoms with van der Waals surface area (Å²) in [6.45, 7) is 0. The van der Waals surface area contributed by atoms with Gasteiger partial charge in [-0.25, -0.2) is 10.4 Å². The summed E-state index contributed by atoms with van der Waals surface area (Å²) in [6, 6.07) is 12.1. The Hall–Kier alpha value is -3.82. The summed E-state index contributed by atoms with van der Waals surface area (Å²) in [6.07, 6.45) is 1.13. The molecule has 0 unspecified atom stereocenters. The Balaban J connectivity index is 2.15. The lowest BCUT2D eigenvalue weighted by Gasteiger charge is -2.00. The highest BCUT2D eigenvalue weighted by Gasteiger charge is 2.18. The number of rotatable bonds is 5. The van der Waals surface area contributed by atoms with Crippen LogP contribution < -0.4 is 11.2 Å². The average Bonchev–Trinajstić information content (AvgIpc) is 2.55. The molecule has 0 amide bonds. The molecule has 3 N–H and O–H groups in total. The zero-order chi connectivity index (χ0) is 17.5. The Labute approximate surface area is 135 Å². The van der Waals surface area contributed by atoms with Gasteiger partial charge in [-0.05, 0) is 18.2 Å². The molecule has 0 radical (unpaired) electrons. The van der Waals surface area contributed by atoms with Gasteiger partial charge >= 0.3 is 0 Å². The molecule has 2 rings (SSSR count). The molecule has 0 saturated carbocycles. The van der Waals surface area contributed by atoms with Gasteiger partial charge in [0.2, 0.25) is 5.96 Å². The van der Waals surface area contributed by atoms with E-state index in [0.717, 1.165) is 18.3 Å². The molecular formula is C14H12N6O4. The van der Waals surface area contributed by atoms with Crippen LogP contribution in [-0.2, 0) is 0 Å². The number of nitrogens with two attached hydrogens (primary N) is 1. The van der Waals surface area contributed by atoms with E-state index in [1.165, 1.54) is 6.07 Å². The van der Waals surface area contributed by atoms with Crippen molar-refractivity contribution < 1.29 is 9.85 Å². The summed E-state index contributed by atoms with van der Waals surface area (Å²) < 4.78 is 0. The molecule has 2 aromatic carbocycles. The zero-order valence-corrected chi connectivity index (χ0v) is 12.2. The predicted octanol–water partition coefficient (Wildman–Crippen LogP) is 2.07. The van der Waals surface area contributed by atoms with E-state index in [4.69, 9.17) is 5.73 Å². The van der Waals surface area contributed by atoms with Gasteiger partial charge in [0.15, 0.2) is 0 Å². The topological polar surface area (TPSA) is 149 Å². The van der Waals surface area contributed by atoms with Gasteiger partial charge in [0.05, 0.1) is 33.4 Å². The number of non-ortho nitro benzene ring substituents is 1. The number of nitro benzene ring substituents is 2. The van der Waals surface area contributed by atoms with Crippen LogP contribution in [0.3, 0.4) is 0 Å². The number of nitro groups is 2. The Bertz CT molecular complexity index is 819. The highest BCUT2D eigenvalue weighted by Crippen LogP contribution is 2.23. The van der Waals surface area contributed by atoms with Crippen molar-refractivity contribution in [3.8, 4) is 0 Å². The maximum Gasteiger partial charge on any atom is 0.285 e. The number of benzene rings is 2. The third kappa shape index (κ3) is 4.34. The minimum atomic E-state index is -0.726. The molecule has 0 aliphatic rings. The molecule has 0 spiro atoms. The fourth-order valence-corrected chi connectivity index (χ4v) is 1.75. The molecule has 0 bridgehead atoms. The van der Waals surface area contributed by atoms with Gasteiger partial charge < -0.3 is 5.73 Å². The van der Waals surface area contributed by atoms with E-state index in [9.17, 15) is 20.2 Å². The fraction of sp³-hybridized carbons (Fsp3) is 0. The number of nitrogens with zero attached hydrogens (tertiary/aromatic N) is 4. The van der Waals surface area contributed by atoms with Crippen LogP contribution in [0.15, 0.2) is 58.6 Å². The number of guanidine groups is 1. The second kappa shape index (κ2) is 7.45. The molecule has 122 valence electrons. The first-order chi connectivity index (χ1) is 11.5. The largest absolute Gasteiger partial charge is 0.368 e. The van der Waals surface area contributed by atoms with Gasteiger partial charge in [0.1, 0.15) is 0 Å². The van der Waals surface area contributed by atoms with Gasteiger partial charge in [0.25, 0.3) is 11.4 Å². The van der Waals surface area contributed by atoms with E-state index in [2.05, 4.69) is 15.5 Å². The zero-order valence-electron chi connectivity index (χ0n) is 12.2. The lowest BCUT2D eigenvalue weighted by Crippen LogP contribution is -2.26. The standard InChI is InChI=1S/C14H12N6O4/c15-14(17-11-4-2-1-3-5-11)18-16-9-10-6-7-12(19(21)22)8-13(10)20(23)24/h1-9H,(H3,15,17,18). The van der Waals surface area contributed by atoms with Crippen LogP contribution in [0.1, 0.15) is 5.56 Å². The number of nitrogens with one attached hydrogen (secondary N) is 1. The van der Waals surface area contributed by atoms with Gasteiger partial charge in [-0.2, -0.15) is 5.10 Å². The number of hydrazone groups is 1. The molecule has 24 heavy (non-hydrogen) atoms. The molecule has 0 fully saturated rings. The number of hydrogen-bond acceptors (Lipinski definition) is 6. The van der Waals surface area contributed by atoms with Crippen molar-refractivity contribution in [2.45, 2.75) is 0 Å². The lowest BCUT2D eigenvalue weighted by molar-refractivity contribution is -0.394. The minimum absolute atomic E-state index is 0.0120. The predicted molar refractivity (Wildman–Crippen MR) is 88.2 cm³/mol. The lowest BCUT2D eigenvalue weighted by atomic mass is 10.2. The van der Waals surface area contributed by atoms with Crippen molar-refractivity contribution >= 4 is 29.2 Å². The monoisotopic (exact) mass is 328 g/mol. The maximum atomic E-state index is 11.0. The van der Waals surface area contributed by atoms with Crippen molar-refractivity contribution in [3.05, 3.63) is 74.3 Å². The Kier molecular flexibility index (Phi) is 5.13. The summed E-state index contributed by atoms with van der Waals surface area (Å²) in [4.78, 5) is 24.2. The van der Waals surface area contributed by atoms with Crippen LogP contribution in [0.25, 0.3) is 0 Å².